The number of carbonyl (C=O) groups excluding carboxylic acids is 1. The van der Waals surface area contributed by atoms with E-state index < -0.39 is 5.91 Å². The largest absolute Gasteiger partial charge is 0.497 e. The number of anilines is 1. The standard InChI is InChI=1S/C14H11Cl3N4O2/c1-23-8-4-2-3-7(5-8)6-19-21-14(22)12-9(15)11(18)10(16)13(17)20-12/h2-6H,1H3,(H2,18,20)(H,21,22). The fraction of sp³-hybridized carbons (Fsp3) is 0.0714. The van der Waals surface area contributed by atoms with Crippen LogP contribution in [0.4, 0.5) is 5.69 Å². The van der Waals surface area contributed by atoms with Crippen molar-refractivity contribution in [3.8, 4) is 5.75 Å². The third-order valence-electron chi connectivity index (χ3n) is 2.76. The number of amides is 1. The van der Waals surface area contributed by atoms with Gasteiger partial charge in [0.1, 0.15) is 10.8 Å². The highest BCUT2D eigenvalue weighted by molar-refractivity contribution is 6.46. The highest BCUT2D eigenvalue weighted by Gasteiger charge is 2.19. The van der Waals surface area contributed by atoms with E-state index in [4.69, 9.17) is 45.3 Å². The number of hydrazone groups is 1. The van der Waals surface area contributed by atoms with Crippen LogP contribution in [0, 0.1) is 0 Å². The molecule has 2 aromatic rings. The average molecular weight is 374 g/mol. The lowest BCUT2D eigenvalue weighted by Gasteiger charge is -2.07. The molecule has 6 nitrogen and oxygen atoms in total. The summed E-state index contributed by atoms with van der Waals surface area (Å²) in [5, 5.41) is 3.61. The summed E-state index contributed by atoms with van der Waals surface area (Å²) in [5.74, 6) is 0.00153. The fourth-order valence-corrected chi connectivity index (χ4v) is 2.22. The summed E-state index contributed by atoms with van der Waals surface area (Å²) < 4.78 is 5.09. The van der Waals surface area contributed by atoms with Crippen molar-refractivity contribution in [1.29, 1.82) is 0 Å². The molecular weight excluding hydrogens is 363 g/mol. The second kappa shape index (κ2) is 7.50. The van der Waals surface area contributed by atoms with Gasteiger partial charge in [0.2, 0.25) is 0 Å². The molecule has 0 radical (unpaired) electrons. The molecule has 120 valence electrons. The molecule has 2 rings (SSSR count). The van der Waals surface area contributed by atoms with E-state index in [2.05, 4.69) is 15.5 Å². The SMILES string of the molecule is COc1cccc(C=NNC(=O)c2nc(Cl)c(Cl)c(N)c2Cl)c1. The minimum atomic E-state index is -0.667. The van der Waals surface area contributed by atoms with E-state index in [0.29, 0.717) is 5.75 Å². The number of halogens is 3. The minimum absolute atomic E-state index is 0.00639. The number of ether oxygens (including phenoxy) is 1. The Labute approximate surface area is 147 Å². The number of hydrogen-bond donors (Lipinski definition) is 2. The zero-order valence-electron chi connectivity index (χ0n) is 11.8. The monoisotopic (exact) mass is 372 g/mol. The summed E-state index contributed by atoms with van der Waals surface area (Å²) in [6, 6.07) is 7.12. The Balaban J connectivity index is 2.15. The number of hydrogen-bond acceptors (Lipinski definition) is 5. The number of carbonyl (C=O) groups is 1. The maximum Gasteiger partial charge on any atom is 0.291 e. The van der Waals surface area contributed by atoms with Crippen LogP contribution < -0.4 is 15.9 Å². The first-order chi connectivity index (χ1) is 10.9. The Morgan fingerprint density at radius 3 is 2.78 bits per heavy atom. The molecule has 1 aromatic heterocycles. The summed E-state index contributed by atoms with van der Waals surface area (Å²) in [4.78, 5) is 15.8. The van der Waals surface area contributed by atoms with E-state index in [0.717, 1.165) is 5.56 Å². The molecule has 23 heavy (non-hydrogen) atoms. The van der Waals surface area contributed by atoms with Gasteiger partial charge in [-0.15, -0.1) is 0 Å². The molecule has 1 amide bonds. The van der Waals surface area contributed by atoms with E-state index in [1.165, 1.54) is 6.21 Å². The van der Waals surface area contributed by atoms with Crippen molar-refractivity contribution in [3.05, 3.63) is 50.7 Å². The normalized spacial score (nSPS) is 10.8. The van der Waals surface area contributed by atoms with Crippen LogP contribution in [0.15, 0.2) is 29.4 Å². The van der Waals surface area contributed by atoms with Gasteiger partial charge in [0, 0.05) is 0 Å². The van der Waals surface area contributed by atoms with Crippen LogP contribution in [-0.2, 0) is 0 Å². The van der Waals surface area contributed by atoms with Crippen molar-refractivity contribution < 1.29 is 9.53 Å². The molecule has 0 spiro atoms. The molecule has 3 N–H and O–H groups in total. The maximum absolute atomic E-state index is 12.0. The first-order valence-corrected chi connectivity index (χ1v) is 7.35. The highest BCUT2D eigenvalue weighted by atomic mass is 35.5. The topological polar surface area (TPSA) is 89.6 Å². The quantitative estimate of drug-likeness (QED) is 0.488. The summed E-state index contributed by atoms with van der Waals surface area (Å²) in [5.41, 5.74) is 8.49. The molecule has 0 aliphatic carbocycles. The Kier molecular flexibility index (Phi) is 5.65. The minimum Gasteiger partial charge on any atom is -0.497 e. The molecule has 0 unspecified atom stereocenters. The number of aromatic nitrogens is 1. The highest BCUT2D eigenvalue weighted by Crippen LogP contribution is 2.34. The second-order valence-electron chi connectivity index (χ2n) is 4.27. The number of pyridine rings is 1. The van der Waals surface area contributed by atoms with E-state index in [1.807, 2.05) is 0 Å². The third kappa shape index (κ3) is 4.04. The number of nitrogens with two attached hydrogens (primary N) is 1. The lowest BCUT2D eigenvalue weighted by Crippen LogP contribution is -2.20. The summed E-state index contributed by atoms with van der Waals surface area (Å²) >= 11 is 17.5. The van der Waals surface area contributed by atoms with Gasteiger partial charge in [-0.3, -0.25) is 4.79 Å². The Bertz CT molecular complexity index is 781. The number of nitrogens with one attached hydrogen (secondary N) is 1. The van der Waals surface area contributed by atoms with Gasteiger partial charge in [-0.05, 0) is 17.7 Å². The predicted molar refractivity (Wildman–Crippen MR) is 91.7 cm³/mol. The van der Waals surface area contributed by atoms with Crippen LogP contribution in [0.2, 0.25) is 15.2 Å². The smallest absolute Gasteiger partial charge is 0.291 e. The molecule has 0 saturated carbocycles. The Hall–Kier alpha value is -2.02. The summed E-state index contributed by atoms with van der Waals surface area (Å²) in [7, 11) is 1.56. The van der Waals surface area contributed by atoms with Gasteiger partial charge in [0.25, 0.3) is 5.91 Å². The lowest BCUT2D eigenvalue weighted by molar-refractivity contribution is 0.0950. The van der Waals surface area contributed by atoms with Gasteiger partial charge in [-0.2, -0.15) is 5.10 Å². The summed E-state index contributed by atoms with van der Waals surface area (Å²) in [6.07, 6.45) is 1.44. The van der Waals surface area contributed by atoms with Crippen molar-refractivity contribution >= 4 is 52.6 Å². The molecule has 0 bridgehead atoms. The van der Waals surface area contributed by atoms with Gasteiger partial charge in [-0.1, -0.05) is 46.9 Å². The van der Waals surface area contributed by atoms with Crippen LogP contribution in [0.1, 0.15) is 16.1 Å². The first kappa shape index (κ1) is 17.3. The fourth-order valence-electron chi connectivity index (χ4n) is 1.62. The van der Waals surface area contributed by atoms with Crippen LogP contribution in [-0.4, -0.2) is 24.2 Å². The molecule has 9 heteroatoms. The van der Waals surface area contributed by atoms with E-state index >= 15 is 0 Å². The van der Waals surface area contributed by atoms with Crippen molar-refractivity contribution in [2.75, 3.05) is 12.8 Å². The average Bonchev–Trinajstić information content (AvgIpc) is 2.56. The van der Waals surface area contributed by atoms with Gasteiger partial charge >= 0.3 is 0 Å². The third-order valence-corrected chi connectivity index (χ3v) is 3.90. The number of nitrogen functional groups attached to an aromatic ring is 1. The van der Waals surface area contributed by atoms with Crippen LogP contribution in [0.5, 0.6) is 5.75 Å². The molecule has 0 fully saturated rings. The predicted octanol–water partition coefficient (Wildman–Crippen LogP) is 3.40. The zero-order chi connectivity index (χ0) is 17.0. The molecule has 0 saturated heterocycles. The van der Waals surface area contributed by atoms with Crippen LogP contribution in [0.25, 0.3) is 0 Å². The van der Waals surface area contributed by atoms with E-state index in [9.17, 15) is 4.79 Å². The van der Waals surface area contributed by atoms with Crippen LogP contribution >= 0.6 is 34.8 Å². The maximum atomic E-state index is 12.0. The molecule has 0 aliphatic heterocycles. The second-order valence-corrected chi connectivity index (χ2v) is 5.38. The molecule has 1 aromatic carbocycles. The molecular formula is C14H11Cl3N4O2. The molecule has 0 aliphatic rings. The van der Waals surface area contributed by atoms with Gasteiger partial charge < -0.3 is 10.5 Å². The van der Waals surface area contributed by atoms with Gasteiger partial charge in [-0.25, -0.2) is 10.4 Å². The van der Waals surface area contributed by atoms with E-state index in [-0.39, 0.29) is 26.6 Å². The van der Waals surface area contributed by atoms with E-state index in [1.54, 1.807) is 31.4 Å². The van der Waals surface area contributed by atoms with Crippen LogP contribution in [0.3, 0.4) is 0 Å². The number of nitrogens with zero attached hydrogens (tertiary/aromatic N) is 2. The Morgan fingerprint density at radius 2 is 2.09 bits per heavy atom. The van der Waals surface area contributed by atoms with Crippen molar-refractivity contribution in [2.24, 2.45) is 5.10 Å². The zero-order valence-corrected chi connectivity index (χ0v) is 14.1. The van der Waals surface area contributed by atoms with Gasteiger partial charge in [0.05, 0.1) is 24.0 Å². The Morgan fingerprint density at radius 1 is 1.35 bits per heavy atom. The molecule has 0 atom stereocenters. The summed E-state index contributed by atoms with van der Waals surface area (Å²) in [6.45, 7) is 0. The van der Waals surface area contributed by atoms with Crippen molar-refractivity contribution in [3.63, 3.8) is 0 Å². The number of benzene rings is 1. The van der Waals surface area contributed by atoms with Gasteiger partial charge in [0.15, 0.2) is 10.8 Å². The first-order valence-electron chi connectivity index (χ1n) is 6.21. The molecule has 1 heterocycles. The van der Waals surface area contributed by atoms with Crippen molar-refractivity contribution in [2.45, 2.75) is 0 Å². The lowest BCUT2D eigenvalue weighted by atomic mass is 10.2. The van der Waals surface area contributed by atoms with Crippen molar-refractivity contribution in [1.82, 2.24) is 10.4 Å². The number of rotatable bonds is 4. The number of methoxy groups -OCH3 is 1.